The van der Waals surface area contributed by atoms with Crippen LogP contribution in [0.3, 0.4) is 0 Å². The fourth-order valence-electron chi connectivity index (χ4n) is 4.03. The van der Waals surface area contributed by atoms with Crippen LogP contribution in [-0.4, -0.2) is 36.7 Å². The summed E-state index contributed by atoms with van der Waals surface area (Å²) in [5, 5.41) is 0. The van der Waals surface area contributed by atoms with Crippen molar-refractivity contribution in [2.45, 2.75) is 95.7 Å². The Hall–Kier alpha value is -1.72. The number of unbranched alkanes of at least 4 members (excludes halogenated alkanes) is 2. The minimum absolute atomic E-state index is 0.160. The van der Waals surface area contributed by atoms with Gasteiger partial charge in [0.25, 0.3) is 0 Å². The molecule has 0 radical (unpaired) electrons. The zero-order valence-electron chi connectivity index (χ0n) is 16.1. The number of aldehydes is 2. The largest absolute Gasteiger partial charge is 0.462 e. The second-order valence-electron chi connectivity index (χ2n) is 7.79. The van der Waals surface area contributed by atoms with E-state index in [4.69, 9.17) is 9.47 Å². The highest BCUT2D eigenvalue weighted by molar-refractivity contribution is 5.71. The van der Waals surface area contributed by atoms with E-state index in [1.807, 2.05) is 0 Å². The number of ether oxygens (including phenoxy) is 2. The van der Waals surface area contributed by atoms with Gasteiger partial charge in [0.1, 0.15) is 24.8 Å². The Kier molecular flexibility index (Phi) is 9.50. The third-order valence-electron chi connectivity index (χ3n) is 5.68. The maximum Gasteiger partial charge on any atom is 0.306 e. The van der Waals surface area contributed by atoms with Gasteiger partial charge in [0, 0.05) is 12.8 Å². The van der Waals surface area contributed by atoms with Crippen molar-refractivity contribution in [3.63, 3.8) is 0 Å². The Morgan fingerprint density at radius 1 is 0.667 bits per heavy atom. The van der Waals surface area contributed by atoms with Crippen molar-refractivity contribution in [3.05, 3.63) is 0 Å². The molecule has 0 spiro atoms. The van der Waals surface area contributed by atoms with Crippen LogP contribution >= 0.6 is 0 Å². The Morgan fingerprint density at radius 3 is 1.48 bits per heavy atom. The molecule has 27 heavy (non-hydrogen) atoms. The highest BCUT2D eigenvalue weighted by atomic mass is 16.5. The topological polar surface area (TPSA) is 86.7 Å². The highest BCUT2D eigenvalue weighted by Gasteiger charge is 2.28. The van der Waals surface area contributed by atoms with Crippen molar-refractivity contribution in [3.8, 4) is 0 Å². The van der Waals surface area contributed by atoms with Gasteiger partial charge in [-0.2, -0.15) is 0 Å². The summed E-state index contributed by atoms with van der Waals surface area (Å²) < 4.78 is 10.9. The number of esters is 2. The first-order valence-electron chi connectivity index (χ1n) is 10.4. The summed E-state index contributed by atoms with van der Waals surface area (Å²) in [4.78, 5) is 46.0. The van der Waals surface area contributed by atoms with E-state index in [2.05, 4.69) is 0 Å². The van der Waals surface area contributed by atoms with E-state index >= 15 is 0 Å². The second kappa shape index (κ2) is 11.9. The molecule has 0 N–H and O–H groups in total. The Balaban J connectivity index is 1.55. The smallest absolute Gasteiger partial charge is 0.306 e. The maximum absolute atomic E-state index is 11.9. The molecule has 2 aliphatic rings. The van der Waals surface area contributed by atoms with Crippen LogP contribution in [0.2, 0.25) is 0 Å². The first-order chi connectivity index (χ1) is 13.1. The van der Waals surface area contributed by atoms with Crippen LogP contribution in [0.4, 0.5) is 0 Å². The van der Waals surface area contributed by atoms with Gasteiger partial charge in [0.2, 0.25) is 0 Å². The molecule has 0 heterocycles. The average Bonchev–Trinajstić information content (AvgIpc) is 2.68. The summed E-state index contributed by atoms with van der Waals surface area (Å²) >= 11 is 0. The number of hydrogen-bond acceptors (Lipinski definition) is 6. The molecule has 6 heteroatoms. The van der Waals surface area contributed by atoms with Gasteiger partial charge in [-0.05, 0) is 51.4 Å². The molecule has 0 bridgehead atoms. The average molecular weight is 380 g/mol. The highest BCUT2D eigenvalue weighted by Crippen LogP contribution is 2.27. The van der Waals surface area contributed by atoms with Crippen LogP contribution in [0.25, 0.3) is 0 Å². The Labute approximate surface area is 161 Å². The molecule has 0 aromatic rings. The standard InChI is InChI=1S/C21H32O6/c22-14-16-8-4-6-10-18(16)26-20(24)12-2-1-3-13-21(25)27-19-11-7-5-9-17(19)15-23/h14-19H,1-13H2/t16-,17-,18+,19+/m0/s1. The third-order valence-corrected chi connectivity index (χ3v) is 5.68. The predicted octanol–water partition coefficient (Wildman–Crippen LogP) is 3.54. The molecule has 0 unspecified atom stereocenters. The van der Waals surface area contributed by atoms with Gasteiger partial charge in [-0.15, -0.1) is 0 Å². The number of hydrogen-bond donors (Lipinski definition) is 0. The molecule has 6 nitrogen and oxygen atoms in total. The van der Waals surface area contributed by atoms with Crippen LogP contribution in [0.1, 0.15) is 83.5 Å². The first kappa shape index (κ1) is 21.6. The monoisotopic (exact) mass is 380 g/mol. The van der Waals surface area contributed by atoms with Crippen molar-refractivity contribution >= 4 is 24.5 Å². The van der Waals surface area contributed by atoms with Gasteiger partial charge in [-0.3, -0.25) is 9.59 Å². The number of carbonyl (C=O) groups is 4. The number of rotatable bonds is 10. The van der Waals surface area contributed by atoms with Crippen molar-refractivity contribution < 1.29 is 28.7 Å². The molecule has 2 rings (SSSR count). The van der Waals surface area contributed by atoms with E-state index in [9.17, 15) is 19.2 Å². The number of carbonyl (C=O) groups excluding carboxylic acids is 4. The summed E-state index contributed by atoms with van der Waals surface area (Å²) in [6.45, 7) is 0. The van der Waals surface area contributed by atoms with Crippen molar-refractivity contribution in [2.75, 3.05) is 0 Å². The third kappa shape index (κ3) is 7.43. The van der Waals surface area contributed by atoms with Crippen molar-refractivity contribution in [1.82, 2.24) is 0 Å². The van der Waals surface area contributed by atoms with Gasteiger partial charge in [0.05, 0.1) is 11.8 Å². The fourth-order valence-corrected chi connectivity index (χ4v) is 4.03. The first-order valence-corrected chi connectivity index (χ1v) is 10.4. The lowest BCUT2D eigenvalue weighted by Gasteiger charge is -2.27. The van der Waals surface area contributed by atoms with E-state index in [1.165, 1.54) is 0 Å². The summed E-state index contributed by atoms with van der Waals surface area (Å²) in [5.41, 5.74) is 0. The van der Waals surface area contributed by atoms with Gasteiger partial charge in [-0.25, -0.2) is 0 Å². The molecule has 152 valence electrons. The molecule has 0 aliphatic heterocycles. The van der Waals surface area contributed by atoms with E-state index in [1.54, 1.807) is 0 Å². The second-order valence-corrected chi connectivity index (χ2v) is 7.79. The van der Waals surface area contributed by atoms with Crippen LogP contribution in [0.15, 0.2) is 0 Å². The summed E-state index contributed by atoms with van der Waals surface area (Å²) in [6, 6.07) is 0. The van der Waals surface area contributed by atoms with Crippen LogP contribution in [0.5, 0.6) is 0 Å². The Morgan fingerprint density at radius 2 is 1.07 bits per heavy atom. The van der Waals surface area contributed by atoms with Crippen LogP contribution < -0.4 is 0 Å². The van der Waals surface area contributed by atoms with Gasteiger partial charge >= 0.3 is 11.9 Å². The van der Waals surface area contributed by atoms with Gasteiger partial charge in [-0.1, -0.05) is 19.3 Å². The quantitative estimate of drug-likeness (QED) is 0.327. The van der Waals surface area contributed by atoms with E-state index in [-0.39, 0.29) is 36.0 Å². The van der Waals surface area contributed by atoms with Crippen molar-refractivity contribution in [1.29, 1.82) is 0 Å². The van der Waals surface area contributed by atoms with E-state index in [0.29, 0.717) is 25.7 Å². The molecular formula is C21H32O6. The molecule has 4 atom stereocenters. The normalized spacial score (nSPS) is 28.1. The lowest BCUT2D eigenvalue weighted by atomic mass is 9.87. The predicted molar refractivity (Wildman–Crippen MR) is 98.9 cm³/mol. The molecule has 0 aromatic heterocycles. The zero-order chi connectivity index (χ0) is 19.5. The molecule has 0 aromatic carbocycles. The minimum atomic E-state index is -0.264. The molecule has 0 saturated heterocycles. The molecular weight excluding hydrogens is 348 g/mol. The Bertz CT molecular complexity index is 459. The zero-order valence-corrected chi connectivity index (χ0v) is 16.1. The van der Waals surface area contributed by atoms with Crippen molar-refractivity contribution in [2.24, 2.45) is 11.8 Å². The summed E-state index contributed by atoms with van der Waals surface area (Å²) in [5.74, 6) is -0.834. The van der Waals surface area contributed by atoms with Crippen LogP contribution in [0, 0.1) is 11.8 Å². The fraction of sp³-hybridized carbons (Fsp3) is 0.810. The molecule has 2 fully saturated rings. The molecule has 2 saturated carbocycles. The van der Waals surface area contributed by atoms with Gasteiger partial charge in [0.15, 0.2) is 0 Å². The summed E-state index contributed by atoms with van der Waals surface area (Å²) in [7, 11) is 0. The summed E-state index contributed by atoms with van der Waals surface area (Å²) in [6.07, 6.45) is 11.1. The van der Waals surface area contributed by atoms with E-state index in [0.717, 1.165) is 70.4 Å². The minimum Gasteiger partial charge on any atom is -0.462 e. The SMILES string of the molecule is O=C[C@@H]1CCCC[C@H]1OC(=O)CCCCCC(=O)O[C@@H]1CCCC[C@H]1C=O. The van der Waals surface area contributed by atoms with Gasteiger partial charge < -0.3 is 19.1 Å². The maximum atomic E-state index is 11.9. The molecule has 2 aliphatic carbocycles. The van der Waals surface area contributed by atoms with E-state index < -0.39 is 0 Å². The molecule has 0 amide bonds. The lowest BCUT2D eigenvalue weighted by Crippen LogP contribution is -2.31. The van der Waals surface area contributed by atoms with Crippen LogP contribution in [-0.2, 0) is 28.7 Å². The lowest BCUT2D eigenvalue weighted by molar-refractivity contribution is -0.155.